The summed E-state index contributed by atoms with van der Waals surface area (Å²) in [6.07, 6.45) is -0.620. The van der Waals surface area contributed by atoms with Gasteiger partial charge in [-0.3, -0.25) is 19.7 Å². The molecule has 2 bridgehead atoms. The van der Waals surface area contributed by atoms with Gasteiger partial charge in [-0.15, -0.1) is 0 Å². The largest absolute Gasteiger partial charge is 0.455 e. The van der Waals surface area contributed by atoms with Crippen molar-refractivity contribution >= 4 is 40.5 Å². The number of esters is 1. The number of pyridine rings is 1. The molecule has 5 heterocycles. The molecule has 13 nitrogen and oxygen atoms in total. The van der Waals surface area contributed by atoms with Crippen molar-refractivity contribution in [3.05, 3.63) is 48.2 Å². The molecule has 318 valence electrons. The van der Waals surface area contributed by atoms with Gasteiger partial charge in [0.1, 0.15) is 12.2 Å². The molecule has 1 amide bonds. The standard InChI is InChI=1S/C44H61FN4O9/c1-11-33-43(7)36-27(4)34(46-19-20-49(36)41(53)58-43)25(2)23-42(6,54-10)38(57-39-35(50)32(48(8)9)21-26(3)55-39)28(5)37(51)44(45,40(52)56-33)18-14-15-29-22-30-16-12-13-17-31(30)47-24-29/h12-17,22,24-28,32-33,35-36,38-39,50H,11,18-21,23H2,1-10H3/b15-14+/t25-,26-,27+,28+,32+,33-,35-,36-,38-,39+,42+,43-,44?/m1/s1. The van der Waals surface area contributed by atoms with Crippen LogP contribution in [0.5, 0.6) is 0 Å². The SMILES string of the molecule is CC[C@H]1OC(=O)C(F)(C/C=C/c2cnc3ccccc3c2)C(=O)[C@H](C)[C@@H](O[C@@H]2O[C@H](C)C[C@H](N(C)C)[C@H]2O)[C@@](C)(OC)C[C@@H](C)C2=NCCN3C(=O)O[C@@]1(C)[C@H]3[C@H]2C. The van der Waals surface area contributed by atoms with Crippen LogP contribution in [0, 0.1) is 17.8 Å². The van der Waals surface area contributed by atoms with Crippen LogP contribution in [-0.2, 0) is 33.3 Å². The number of aromatic nitrogens is 1. The molecule has 3 fully saturated rings. The van der Waals surface area contributed by atoms with Crippen molar-refractivity contribution in [2.75, 3.05) is 34.3 Å². The average molecular weight is 809 g/mol. The summed E-state index contributed by atoms with van der Waals surface area (Å²) < 4.78 is 49.5. The van der Waals surface area contributed by atoms with Crippen LogP contribution in [-0.4, -0.2) is 137 Å². The van der Waals surface area contributed by atoms with Gasteiger partial charge < -0.3 is 33.7 Å². The Morgan fingerprint density at radius 3 is 2.52 bits per heavy atom. The number of methoxy groups -OCH3 is 1. The van der Waals surface area contributed by atoms with Crippen LogP contribution >= 0.6 is 0 Å². The summed E-state index contributed by atoms with van der Waals surface area (Å²) in [5.74, 6) is -4.49. The molecule has 4 aliphatic heterocycles. The van der Waals surface area contributed by atoms with E-state index < -0.39 is 77.7 Å². The van der Waals surface area contributed by atoms with E-state index in [2.05, 4.69) is 4.98 Å². The van der Waals surface area contributed by atoms with E-state index in [0.717, 1.165) is 16.6 Å². The first kappa shape index (κ1) is 43.8. The number of aliphatic imine (C=N–C) groups is 1. The van der Waals surface area contributed by atoms with Gasteiger partial charge in [0.2, 0.25) is 0 Å². The van der Waals surface area contributed by atoms with E-state index in [1.807, 2.05) is 70.1 Å². The second-order valence-electron chi connectivity index (χ2n) is 17.4. The van der Waals surface area contributed by atoms with E-state index in [-0.39, 0.29) is 43.4 Å². The van der Waals surface area contributed by atoms with Gasteiger partial charge in [0.05, 0.1) is 35.9 Å². The van der Waals surface area contributed by atoms with E-state index in [1.165, 1.54) is 20.1 Å². The van der Waals surface area contributed by atoms with Crippen molar-refractivity contribution in [3.63, 3.8) is 0 Å². The number of allylic oxidation sites excluding steroid dienone is 1. The van der Waals surface area contributed by atoms with Crippen LogP contribution in [0.3, 0.4) is 0 Å². The third-order valence-corrected chi connectivity index (χ3v) is 13.0. The minimum Gasteiger partial charge on any atom is -0.455 e. The molecule has 4 aliphatic rings. The lowest BCUT2D eigenvalue weighted by Gasteiger charge is -2.47. The minimum atomic E-state index is -3.23. The number of halogens is 1. The number of aliphatic hydroxyl groups excluding tert-OH is 1. The second-order valence-corrected chi connectivity index (χ2v) is 17.4. The number of nitrogens with zero attached hydrogens (tertiary/aromatic N) is 4. The molecule has 1 unspecified atom stereocenters. The summed E-state index contributed by atoms with van der Waals surface area (Å²) in [5, 5.41) is 12.5. The van der Waals surface area contributed by atoms with E-state index >= 15 is 9.18 Å². The normalized spacial score (nSPS) is 39.0. The number of Topliss-reactive ketones (excluding diaryl/α,β-unsaturated/α-hetero) is 1. The number of alkyl halides is 1. The van der Waals surface area contributed by atoms with E-state index in [9.17, 15) is 14.7 Å². The zero-order chi connectivity index (χ0) is 42.3. The van der Waals surface area contributed by atoms with Crippen molar-refractivity contribution in [3.8, 4) is 0 Å². The monoisotopic (exact) mass is 808 g/mol. The fourth-order valence-corrected chi connectivity index (χ4v) is 9.95. The molecule has 2 aromatic rings. The van der Waals surface area contributed by atoms with Crippen LogP contribution in [0.15, 0.2) is 47.6 Å². The first-order chi connectivity index (χ1) is 27.4. The lowest BCUT2D eigenvalue weighted by molar-refractivity contribution is -0.295. The molecule has 6 rings (SSSR count). The molecule has 13 atom stereocenters. The van der Waals surface area contributed by atoms with Crippen molar-refractivity contribution in [1.29, 1.82) is 0 Å². The Hall–Kier alpha value is -3.82. The summed E-state index contributed by atoms with van der Waals surface area (Å²) in [5.41, 5.74) is -3.72. The smallest absolute Gasteiger partial charge is 0.410 e. The number of carbonyl (C=O) groups excluding carboxylic acids is 3. The number of carbonyl (C=O) groups is 3. The molecule has 0 saturated carbocycles. The Kier molecular flexibility index (Phi) is 12.9. The van der Waals surface area contributed by atoms with Crippen LogP contribution < -0.4 is 0 Å². The molecule has 1 aromatic carbocycles. The van der Waals surface area contributed by atoms with Gasteiger partial charge in [-0.25, -0.2) is 14.0 Å². The number of benzene rings is 1. The highest BCUT2D eigenvalue weighted by atomic mass is 19.1. The highest BCUT2D eigenvalue weighted by Crippen LogP contribution is 2.45. The number of aliphatic hydroxyl groups is 1. The second kappa shape index (κ2) is 17.0. The first-order valence-electron chi connectivity index (χ1n) is 20.6. The average Bonchev–Trinajstić information content (AvgIpc) is 3.31. The van der Waals surface area contributed by atoms with E-state index in [1.54, 1.807) is 37.9 Å². The summed E-state index contributed by atoms with van der Waals surface area (Å²) in [7, 11) is 5.21. The molecule has 0 radical (unpaired) electrons. The van der Waals surface area contributed by atoms with Crippen LogP contribution in [0.1, 0.15) is 79.7 Å². The maximum absolute atomic E-state index is 18.2. The predicted molar refractivity (Wildman–Crippen MR) is 217 cm³/mol. The summed E-state index contributed by atoms with van der Waals surface area (Å²) in [6, 6.07) is 8.48. The number of amides is 1. The molecule has 1 aromatic heterocycles. The zero-order valence-corrected chi connectivity index (χ0v) is 35.5. The van der Waals surface area contributed by atoms with E-state index in [0.29, 0.717) is 18.5 Å². The Balaban J connectivity index is 1.47. The maximum Gasteiger partial charge on any atom is 0.410 e. The van der Waals surface area contributed by atoms with Crippen molar-refractivity contribution < 1.29 is 47.6 Å². The third kappa shape index (κ3) is 8.07. The van der Waals surface area contributed by atoms with Gasteiger partial charge >= 0.3 is 12.1 Å². The van der Waals surface area contributed by atoms with Crippen LogP contribution in [0.25, 0.3) is 17.0 Å². The van der Waals surface area contributed by atoms with Crippen molar-refractivity contribution in [1.82, 2.24) is 14.8 Å². The summed E-state index contributed by atoms with van der Waals surface area (Å²) >= 11 is 0. The number of cyclic esters (lactones) is 1. The number of rotatable bonds is 8. The van der Waals surface area contributed by atoms with Crippen molar-refractivity contribution in [2.45, 2.75) is 134 Å². The number of para-hydroxylation sites is 1. The first-order valence-corrected chi connectivity index (χ1v) is 20.6. The predicted octanol–water partition coefficient (Wildman–Crippen LogP) is 5.80. The third-order valence-electron chi connectivity index (χ3n) is 13.0. The highest BCUT2D eigenvalue weighted by Gasteiger charge is 2.62. The fraction of sp³-hybridized carbons (Fsp3) is 0.659. The zero-order valence-electron chi connectivity index (χ0n) is 35.5. The molecule has 14 heteroatoms. The van der Waals surface area contributed by atoms with Crippen LogP contribution in [0.2, 0.25) is 0 Å². The van der Waals surface area contributed by atoms with Gasteiger partial charge in [0.15, 0.2) is 17.7 Å². The summed E-state index contributed by atoms with van der Waals surface area (Å²) in [6.45, 7) is 13.2. The highest BCUT2D eigenvalue weighted by molar-refractivity contribution is 6.08. The Bertz CT molecular complexity index is 1910. The number of fused-ring (bicyclic) bond motifs is 2. The molecule has 3 saturated heterocycles. The topological polar surface area (TPSA) is 149 Å². The molecule has 0 aliphatic carbocycles. The molecule has 58 heavy (non-hydrogen) atoms. The molecular formula is C44H61FN4O9. The number of hydrogen-bond donors (Lipinski definition) is 1. The van der Waals surface area contributed by atoms with Gasteiger partial charge in [0.25, 0.3) is 5.67 Å². The Morgan fingerprint density at radius 2 is 1.83 bits per heavy atom. The number of likely N-dealkylation sites (N-methyl/N-ethyl adjacent to an activating group) is 1. The fourth-order valence-electron chi connectivity index (χ4n) is 9.95. The van der Waals surface area contributed by atoms with Gasteiger partial charge in [-0.2, -0.15) is 0 Å². The number of ketones is 1. The van der Waals surface area contributed by atoms with Crippen molar-refractivity contribution in [2.24, 2.45) is 22.7 Å². The lowest BCUT2D eigenvalue weighted by atomic mass is 9.72. The quantitative estimate of drug-likeness (QED) is 0.255. The molecule has 0 spiro atoms. The minimum absolute atomic E-state index is 0.169. The molecular weight excluding hydrogens is 748 g/mol. The lowest BCUT2D eigenvalue weighted by Crippen LogP contribution is -2.62. The number of hydrogen-bond acceptors (Lipinski definition) is 12. The Labute approximate surface area is 341 Å². The van der Waals surface area contributed by atoms with Gasteiger partial charge in [-0.05, 0) is 77.7 Å². The maximum atomic E-state index is 18.2. The van der Waals surface area contributed by atoms with Gasteiger partial charge in [0, 0.05) is 55.2 Å². The molecule has 1 N–H and O–H groups in total. The summed E-state index contributed by atoms with van der Waals surface area (Å²) in [4.78, 5) is 56.1. The number of ether oxygens (including phenoxy) is 5. The van der Waals surface area contributed by atoms with Gasteiger partial charge in [-0.1, -0.05) is 58.0 Å². The van der Waals surface area contributed by atoms with E-state index in [4.69, 9.17) is 28.7 Å². The van der Waals surface area contributed by atoms with Crippen LogP contribution in [0.4, 0.5) is 9.18 Å². The Morgan fingerprint density at radius 1 is 1.10 bits per heavy atom.